The number of rotatable bonds is 5. The summed E-state index contributed by atoms with van der Waals surface area (Å²) in [4.78, 5) is 14.4. The number of hydrogen-bond donors (Lipinski definition) is 1. The average molecular weight is 370 g/mol. The van der Waals surface area contributed by atoms with Gasteiger partial charge in [-0.05, 0) is 49.4 Å². The van der Waals surface area contributed by atoms with Crippen LogP contribution in [0.25, 0.3) is 0 Å². The van der Waals surface area contributed by atoms with Gasteiger partial charge in [0, 0.05) is 32.1 Å². The lowest BCUT2D eigenvalue weighted by atomic mass is 9.85. The third kappa shape index (κ3) is 4.21. The van der Waals surface area contributed by atoms with E-state index in [9.17, 15) is 9.18 Å². The molecule has 1 aromatic heterocycles. The number of aromatic nitrogens is 2. The first-order valence-electron chi connectivity index (χ1n) is 9.89. The van der Waals surface area contributed by atoms with Crippen molar-refractivity contribution in [3.05, 3.63) is 52.6 Å². The predicted molar refractivity (Wildman–Crippen MR) is 101 cm³/mol. The maximum absolute atomic E-state index is 13.5. The Balaban J connectivity index is 1.38. The second-order valence-electron chi connectivity index (χ2n) is 7.84. The van der Waals surface area contributed by atoms with Crippen LogP contribution in [0.4, 0.5) is 4.39 Å². The number of aryl methyl sites for hydroxylation is 2. The van der Waals surface area contributed by atoms with Gasteiger partial charge in [-0.15, -0.1) is 0 Å². The maximum atomic E-state index is 13.5. The summed E-state index contributed by atoms with van der Waals surface area (Å²) in [6.07, 6.45) is 4.23. The van der Waals surface area contributed by atoms with Gasteiger partial charge in [-0.25, -0.2) is 4.39 Å². The Hall–Kier alpha value is -2.21. The topological polar surface area (TPSA) is 50.2 Å². The number of halogens is 1. The lowest BCUT2D eigenvalue weighted by Crippen LogP contribution is -2.34. The number of fused-ring (bicyclic) bond motifs is 1. The summed E-state index contributed by atoms with van der Waals surface area (Å²) in [5.41, 5.74) is 3.93. The fourth-order valence-electron chi connectivity index (χ4n) is 3.87. The Labute approximate surface area is 159 Å². The third-order valence-electron chi connectivity index (χ3n) is 5.69. The number of carbonyl (C=O) groups is 1. The number of nitrogens with zero attached hydrogens (tertiary/aromatic N) is 3. The Morgan fingerprint density at radius 2 is 2.11 bits per heavy atom. The molecule has 1 aromatic carbocycles. The summed E-state index contributed by atoms with van der Waals surface area (Å²) in [6, 6.07) is 7.45. The highest BCUT2D eigenvalue weighted by Crippen LogP contribution is 2.26. The molecule has 0 radical (unpaired) electrons. The predicted octanol–water partition coefficient (Wildman–Crippen LogP) is 3.15. The van der Waals surface area contributed by atoms with Crippen LogP contribution in [-0.2, 0) is 31.0 Å². The van der Waals surface area contributed by atoms with Gasteiger partial charge in [-0.3, -0.25) is 14.4 Å². The molecule has 1 N–H and O–H groups in total. The fraction of sp³-hybridized carbons (Fsp3) is 0.524. The number of carbonyl (C=O) groups excluding carboxylic acids is 1. The zero-order valence-electron chi connectivity index (χ0n) is 15.9. The molecule has 4 rings (SSSR count). The number of amides is 1. The SMILES string of the molecule is Cc1cc(CN2CCCn3nc(CNC(=O)C4CCC4)cc3C2)ccc1F. The first-order valence-corrected chi connectivity index (χ1v) is 9.89. The molecule has 5 nitrogen and oxygen atoms in total. The summed E-state index contributed by atoms with van der Waals surface area (Å²) in [5.74, 6) is 0.221. The smallest absolute Gasteiger partial charge is 0.223 e. The summed E-state index contributed by atoms with van der Waals surface area (Å²) in [6.45, 7) is 5.82. The quantitative estimate of drug-likeness (QED) is 0.880. The van der Waals surface area contributed by atoms with Gasteiger partial charge >= 0.3 is 0 Å². The summed E-state index contributed by atoms with van der Waals surface area (Å²) in [5, 5.41) is 7.70. The number of benzene rings is 1. The molecule has 1 amide bonds. The monoisotopic (exact) mass is 370 g/mol. The highest BCUT2D eigenvalue weighted by Gasteiger charge is 2.25. The molecule has 1 saturated carbocycles. The Morgan fingerprint density at radius 1 is 1.26 bits per heavy atom. The van der Waals surface area contributed by atoms with E-state index >= 15 is 0 Å². The van der Waals surface area contributed by atoms with Crippen molar-refractivity contribution in [3.8, 4) is 0 Å². The van der Waals surface area contributed by atoms with Gasteiger partial charge in [-0.1, -0.05) is 18.6 Å². The second-order valence-corrected chi connectivity index (χ2v) is 7.84. The number of hydrogen-bond acceptors (Lipinski definition) is 3. The van der Waals surface area contributed by atoms with Gasteiger partial charge in [-0.2, -0.15) is 5.10 Å². The molecule has 1 fully saturated rings. The van der Waals surface area contributed by atoms with Crippen LogP contribution < -0.4 is 5.32 Å². The van der Waals surface area contributed by atoms with E-state index in [4.69, 9.17) is 0 Å². The summed E-state index contributed by atoms with van der Waals surface area (Å²) < 4.78 is 15.6. The van der Waals surface area contributed by atoms with Gasteiger partial charge in [0.15, 0.2) is 0 Å². The Kier molecular flexibility index (Phi) is 5.25. The van der Waals surface area contributed by atoms with E-state index in [0.29, 0.717) is 12.1 Å². The van der Waals surface area contributed by atoms with Crippen LogP contribution in [0, 0.1) is 18.7 Å². The highest BCUT2D eigenvalue weighted by atomic mass is 19.1. The largest absolute Gasteiger partial charge is 0.350 e. The molecule has 2 aliphatic rings. The zero-order valence-corrected chi connectivity index (χ0v) is 15.9. The van der Waals surface area contributed by atoms with Crippen LogP contribution in [0.5, 0.6) is 0 Å². The molecule has 2 heterocycles. The fourth-order valence-corrected chi connectivity index (χ4v) is 3.87. The van der Waals surface area contributed by atoms with Crippen molar-refractivity contribution in [1.82, 2.24) is 20.0 Å². The van der Waals surface area contributed by atoms with E-state index in [1.54, 1.807) is 13.0 Å². The molecule has 1 aliphatic carbocycles. The van der Waals surface area contributed by atoms with Crippen LogP contribution in [0.3, 0.4) is 0 Å². The van der Waals surface area contributed by atoms with E-state index < -0.39 is 0 Å². The summed E-state index contributed by atoms with van der Waals surface area (Å²) in [7, 11) is 0. The number of nitrogens with one attached hydrogen (secondary N) is 1. The van der Waals surface area contributed by atoms with Crippen LogP contribution in [0.15, 0.2) is 24.3 Å². The van der Waals surface area contributed by atoms with Gasteiger partial charge in [0.05, 0.1) is 17.9 Å². The van der Waals surface area contributed by atoms with Crippen molar-refractivity contribution in [2.45, 2.75) is 58.8 Å². The normalized spacial score (nSPS) is 17.9. The molecule has 6 heteroatoms. The Bertz CT molecular complexity index is 828. The molecular weight excluding hydrogens is 343 g/mol. The van der Waals surface area contributed by atoms with Crippen LogP contribution in [0.2, 0.25) is 0 Å². The molecule has 0 saturated heterocycles. The molecule has 27 heavy (non-hydrogen) atoms. The minimum absolute atomic E-state index is 0.152. The average Bonchev–Trinajstić information content (AvgIpc) is 2.87. The highest BCUT2D eigenvalue weighted by molar-refractivity contribution is 5.79. The minimum Gasteiger partial charge on any atom is -0.350 e. The van der Waals surface area contributed by atoms with Crippen LogP contribution in [0.1, 0.15) is 48.2 Å². The minimum atomic E-state index is -0.152. The molecule has 144 valence electrons. The standard InChI is InChI=1S/C21H27FN4O/c1-15-10-16(6-7-20(15)22)13-25-8-3-9-26-19(14-25)11-18(24-26)12-23-21(27)17-4-2-5-17/h6-7,10-11,17H,2-5,8-9,12-14H2,1H3,(H,23,27). The zero-order chi connectivity index (χ0) is 18.8. The van der Waals surface area contributed by atoms with E-state index in [-0.39, 0.29) is 17.6 Å². The lowest BCUT2D eigenvalue weighted by Gasteiger charge is -2.23. The molecule has 0 spiro atoms. The van der Waals surface area contributed by atoms with Gasteiger partial charge in [0.25, 0.3) is 0 Å². The summed E-state index contributed by atoms with van der Waals surface area (Å²) >= 11 is 0. The van der Waals surface area contributed by atoms with Crippen molar-refractivity contribution in [2.24, 2.45) is 5.92 Å². The van der Waals surface area contributed by atoms with Crippen molar-refractivity contribution < 1.29 is 9.18 Å². The molecule has 0 atom stereocenters. The van der Waals surface area contributed by atoms with Crippen molar-refractivity contribution >= 4 is 5.91 Å². The second kappa shape index (κ2) is 7.80. The molecule has 0 bridgehead atoms. The van der Waals surface area contributed by atoms with Gasteiger partial charge in [0.2, 0.25) is 5.91 Å². The molecule has 1 aliphatic heterocycles. The molecule has 0 unspecified atom stereocenters. The van der Waals surface area contributed by atoms with Crippen LogP contribution in [-0.4, -0.2) is 27.1 Å². The van der Waals surface area contributed by atoms with Crippen molar-refractivity contribution in [1.29, 1.82) is 0 Å². The van der Waals surface area contributed by atoms with Gasteiger partial charge < -0.3 is 5.32 Å². The molecular formula is C21H27FN4O. The third-order valence-corrected chi connectivity index (χ3v) is 5.69. The first kappa shape index (κ1) is 18.2. The first-order chi connectivity index (χ1) is 13.1. The van der Waals surface area contributed by atoms with Crippen molar-refractivity contribution in [3.63, 3.8) is 0 Å². The Morgan fingerprint density at radius 3 is 2.85 bits per heavy atom. The lowest BCUT2D eigenvalue weighted by molar-refractivity contribution is -0.127. The van der Waals surface area contributed by atoms with E-state index in [2.05, 4.69) is 26.1 Å². The molecule has 2 aromatic rings. The van der Waals surface area contributed by atoms with E-state index in [1.807, 2.05) is 12.1 Å². The van der Waals surface area contributed by atoms with E-state index in [1.165, 1.54) is 12.1 Å². The van der Waals surface area contributed by atoms with Gasteiger partial charge in [0.1, 0.15) is 5.82 Å². The maximum Gasteiger partial charge on any atom is 0.223 e. The van der Waals surface area contributed by atoms with E-state index in [0.717, 1.165) is 56.7 Å². The van der Waals surface area contributed by atoms with Crippen molar-refractivity contribution in [2.75, 3.05) is 6.54 Å². The van der Waals surface area contributed by atoms with Crippen LogP contribution >= 0.6 is 0 Å².